The highest BCUT2D eigenvalue weighted by atomic mass is 35.5. The van der Waals surface area contributed by atoms with Gasteiger partial charge in [0.25, 0.3) is 0 Å². The minimum absolute atomic E-state index is 0.307. The number of aryl methyl sites for hydroxylation is 2. The maximum Gasteiger partial charge on any atom is 0.161 e. The maximum atomic E-state index is 6.27. The molecule has 0 unspecified atom stereocenters. The standard InChI is InChI=1S/C16H11Cl3N2/c1-8-5-9(2)7-10(6-8)16-20-14-12(18)4-3-11(17)13(14)15(19)21-16/h3-7H,1-2H3. The Morgan fingerprint density at radius 2 is 1.43 bits per heavy atom. The molecule has 0 atom stereocenters. The van der Waals surface area contributed by atoms with Crippen molar-refractivity contribution in [1.29, 1.82) is 0 Å². The van der Waals surface area contributed by atoms with Crippen LogP contribution in [-0.4, -0.2) is 9.97 Å². The Hall–Kier alpha value is -1.35. The fraction of sp³-hybridized carbons (Fsp3) is 0.125. The van der Waals surface area contributed by atoms with E-state index in [0.717, 1.165) is 16.7 Å². The Morgan fingerprint density at radius 3 is 2.10 bits per heavy atom. The molecule has 106 valence electrons. The Kier molecular flexibility index (Phi) is 3.78. The van der Waals surface area contributed by atoms with Crippen molar-refractivity contribution in [3.05, 3.63) is 56.7 Å². The average Bonchev–Trinajstić information content (AvgIpc) is 2.41. The lowest BCUT2D eigenvalue weighted by Gasteiger charge is -2.08. The molecule has 1 aromatic heterocycles. The van der Waals surface area contributed by atoms with E-state index < -0.39 is 0 Å². The van der Waals surface area contributed by atoms with Gasteiger partial charge in [-0.25, -0.2) is 9.97 Å². The van der Waals surface area contributed by atoms with E-state index in [-0.39, 0.29) is 0 Å². The van der Waals surface area contributed by atoms with E-state index in [2.05, 4.69) is 16.0 Å². The fourth-order valence-corrected chi connectivity index (χ4v) is 3.12. The van der Waals surface area contributed by atoms with Gasteiger partial charge >= 0.3 is 0 Å². The summed E-state index contributed by atoms with van der Waals surface area (Å²) in [5, 5.41) is 1.89. The second kappa shape index (κ2) is 5.45. The molecule has 5 heteroatoms. The highest BCUT2D eigenvalue weighted by Crippen LogP contribution is 2.34. The Labute approximate surface area is 137 Å². The topological polar surface area (TPSA) is 25.8 Å². The van der Waals surface area contributed by atoms with E-state index in [9.17, 15) is 0 Å². The molecular formula is C16H11Cl3N2. The van der Waals surface area contributed by atoms with Crippen molar-refractivity contribution in [3.63, 3.8) is 0 Å². The van der Waals surface area contributed by atoms with Crippen molar-refractivity contribution in [3.8, 4) is 11.4 Å². The highest BCUT2D eigenvalue weighted by molar-refractivity contribution is 6.44. The minimum atomic E-state index is 0.307. The monoisotopic (exact) mass is 336 g/mol. The second-order valence-electron chi connectivity index (χ2n) is 4.97. The smallest absolute Gasteiger partial charge is 0.161 e. The first-order chi connectivity index (χ1) is 9.95. The van der Waals surface area contributed by atoms with Gasteiger partial charge in [0.2, 0.25) is 0 Å². The van der Waals surface area contributed by atoms with Crippen LogP contribution in [0.15, 0.2) is 30.3 Å². The number of fused-ring (bicyclic) bond motifs is 1. The van der Waals surface area contributed by atoms with Gasteiger partial charge in [-0.1, -0.05) is 52.0 Å². The largest absolute Gasteiger partial charge is 0.226 e. The first-order valence-corrected chi connectivity index (χ1v) is 7.49. The van der Waals surface area contributed by atoms with E-state index in [4.69, 9.17) is 34.8 Å². The summed E-state index contributed by atoms with van der Waals surface area (Å²) < 4.78 is 0. The molecule has 0 aliphatic rings. The molecule has 0 saturated carbocycles. The molecule has 2 nitrogen and oxygen atoms in total. The van der Waals surface area contributed by atoms with Gasteiger partial charge in [-0.3, -0.25) is 0 Å². The lowest BCUT2D eigenvalue weighted by Crippen LogP contribution is -1.94. The van der Waals surface area contributed by atoms with Crippen LogP contribution in [0.4, 0.5) is 0 Å². The molecular weight excluding hydrogens is 327 g/mol. The fourth-order valence-electron chi connectivity index (χ4n) is 2.36. The normalized spacial score (nSPS) is 11.1. The molecule has 0 aliphatic carbocycles. The summed E-state index contributed by atoms with van der Waals surface area (Å²) in [5.74, 6) is 0.545. The molecule has 0 fully saturated rings. The Balaban J connectivity index is 2.32. The summed E-state index contributed by atoms with van der Waals surface area (Å²) in [5.41, 5.74) is 3.76. The van der Waals surface area contributed by atoms with Crippen molar-refractivity contribution in [2.24, 2.45) is 0 Å². The quantitative estimate of drug-likeness (QED) is 0.519. The first kappa shape index (κ1) is 14.6. The lowest BCUT2D eigenvalue weighted by molar-refractivity contribution is 1.22. The molecule has 21 heavy (non-hydrogen) atoms. The van der Waals surface area contributed by atoms with Crippen LogP contribution in [0.2, 0.25) is 15.2 Å². The highest BCUT2D eigenvalue weighted by Gasteiger charge is 2.13. The predicted molar refractivity (Wildman–Crippen MR) is 89.5 cm³/mol. The van der Waals surface area contributed by atoms with Gasteiger partial charge < -0.3 is 0 Å². The van der Waals surface area contributed by atoms with Crippen LogP contribution in [-0.2, 0) is 0 Å². The molecule has 1 heterocycles. The summed E-state index contributed by atoms with van der Waals surface area (Å²) in [7, 11) is 0. The van der Waals surface area contributed by atoms with Gasteiger partial charge in [0.05, 0.1) is 20.9 Å². The Morgan fingerprint density at radius 1 is 0.810 bits per heavy atom. The third-order valence-electron chi connectivity index (χ3n) is 3.19. The van der Waals surface area contributed by atoms with E-state index in [1.54, 1.807) is 12.1 Å². The van der Waals surface area contributed by atoms with Crippen molar-refractivity contribution in [1.82, 2.24) is 9.97 Å². The molecule has 0 aliphatic heterocycles. The van der Waals surface area contributed by atoms with E-state index >= 15 is 0 Å². The number of rotatable bonds is 1. The van der Waals surface area contributed by atoms with Crippen molar-refractivity contribution in [2.75, 3.05) is 0 Å². The first-order valence-electron chi connectivity index (χ1n) is 6.35. The van der Waals surface area contributed by atoms with Gasteiger partial charge in [-0.2, -0.15) is 0 Å². The third-order valence-corrected chi connectivity index (χ3v) is 4.08. The van der Waals surface area contributed by atoms with Gasteiger partial charge in [-0.15, -0.1) is 0 Å². The van der Waals surface area contributed by atoms with Gasteiger partial charge in [-0.05, 0) is 38.1 Å². The molecule has 0 N–H and O–H groups in total. The van der Waals surface area contributed by atoms with Crippen LogP contribution < -0.4 is 0 Å². The van der Waals surface area contributed by atoms with E-state index in [0.29, 0.717) is 31.9 Å². The van der Waals surface area contributed by atoms with Crippen LogP contribution >= 0.6 is 34.8 Å². The zero-order valence-corrected chi connectivity index (χ0v) is 13.7. The molecule has 2 aromatic carbocycles. The van der Waals surface area contributed by atoms with E-state index in [1.165, 1.54) is 0 Å². The number of hydrogen-bond acceptors (Lipinski definition) is 2. The summed E-state index contributed by atoms with van der Waals surface area (Å²) >= 11 is 18.7. The zero-order valence-electron chi connectivity index (χ0n) is 11.4. The molecule has 0 amide bonds. The van der Waals surface area contributed by atoms with Crippen LogP contribution in [0, 0.1) is 13.8 Å². The molecule has 0 spiro atoms. The zero-order chi connectivity index (χ0) is 15.1. The third kappa shape index (κ3) is 2.71. The molecule has 0 bridgehead atoms. The van der Waals surface area contributed by atoms with Crippen LogP contribution in [0.25, 0.3) is 22.3 Å². The van der Waals surface area contributed by atoms with Gasteiger partial charge in [0, 0.05) is 5.56 Å². The number of nitrogens with zero attached hydrogens (tertiary/aromatic N) is 2. The van der Waals surface area contributed by atoms with Crippen LogP contribution in [0.1, 0.15) is 11.1 Å². The van der Waals surface area contributed by atoms with Crippen LogP contribution in [0.5, 0.6) is 0 Å². The molecule has 0 saturated heterocycles. The summed E-state index contributed by atoms with van der Waals surface area (Å²) in [4.78, 5) is 8.90. The van der Waals surface area contributed by atoms with Gasteiger partial charge in [0.15, 0.2) is 5.82 Å². The Bertz CT molecular complexity index is 840. The molecule has 3 rings (SSSR count). The van der Waals surface area contributed by atoms with Crippen LogP contribution in [0.3, 0.4) is 0 Å². The number of hydrogen-bond donors (Lipinski definition) is 0. The minimum Gasteiger partial charge on any atom is -0.226 e. The van der Waals surface area contributed by atoms with Crippen molar-refractivity contribution < 1.29 is 0 Å². The van der Waals surface area contributed by atoms with E-state index in [1.807, 2.05) is 26.0 Å². The molecule has 3 aromatic rings. The number of halogens is 3. The predicted octanol–water partition coefficient (Wildman–Crippen LogP) is 5.87. The number of benzene rings is 2. The average molecular weight is 338 g/mol. The lowest BCUT2D eigenvalue weighted by atomic mass is 10.1. The summed E-state index contributed by atoms with van der Waals surface area (Å²) in [6, 6.07) is 9.53. The SMILES string of the molecule is Cc1cc(C)cc(-c2nc(Cl)c3c(Cl)ccc(Cl)c3n2)c1. The molecule has 0 radical (unpaired) electrons. The summed E-state index contributed by atoms with van der Waals surface area (Å²) in [6.45, 7) is 4.06. The van der Waals surface area contributed by atoms with Crippen molar-refractivity contribution in [2.45, 2.75) is 13.8 Å². The second-order valence-corrected chi connectivity index (χ2v) is 6.14. The van der Waals surface area contributed by atoms with Crippen molar-refractivity contribution >= 4 is 45.7 Å². The summed E-state index contributed by atoms with van der Waals surface area (Å²) in [6.07, 6.45) is 0. The maximum absolute atomic E-state index is 6.27. The number of aromatic nitrogens is 2. The van der Waals surface area contributed by atoms with Gasteiger partial charge in [0.1, 0.15) is 5.15 Å².